The highest BCUT2D eigenvalue weighted by molar-refractivity contribution is 5.77. The molecule has 0 saturated carbocycles. The number of aromatic amines is 1. The molecule has 2 heterocycles. The standard InChI is InChI=1S/C22H34F3N5O5/c1-13(27-15-9-26-28-18(32)17(15)22(23,24)25)11-35-8-7-16(31)29-12-21(6,20(3,4)5)30(19(33)34)10-14(29)2/h9,13-14H,7-8,10-12H2,1-6H3,(H,33,34)(H2,27,28,32)/t13?,14-,21-/m0/s1. The van der Waals surface area contributed by atoms with Crippen molar-refractivity contribution >= 4 is 17.7 Å². The highest BCUT2D eigenvalue weighted by Gasteiger charge is 2.51. The first-order valence-electron chi connectivity index (χ1n) is 11.3. The van der Waals surface area contributed by atoms with Gasteiger partial charge < -0.3 is 20.1 Å². The number of anilines is 1. The fourth-order valence-corrected chi connectivity index (χ4v) is 4.06. The van der Waals surface area contributed by atoms with Crippen LogP contribution in [0, 0.1) is 5.41 Å². The van der Waals surface area contributed by atoms with Gasteiger partial charge in [-0.05, 0) is 26.2 Å². The molecule has 0 radical (unpaired) electrons. The SMILES string of the molecule is CC(COCCC(=O)N1C[C@@](C)(C(C)(C)C)N(C(=O)O)C[C@@H]1C)Nc1cn[nH]c(=O)c1C(F)(F)F. The molecular formula is C22H34F3N5O5. The van der Waals surface area contributed by atoms with E-state index in [0.717, 1.165) is 6.20 Å². The predicted molar refractivity (Wildman–Crippen MR) is 122 cm³/mol. The van der Waals surface area contributed by atoms with Crippen molar-refractivity contribution < 1.29 is 32.6 Å². The lowest BCUT2D eigenvalue weighted by Gasteiger charge is -2.56. The summed E-state index contributed by atoms with van der Waals surface area (Å²) in [6, 6.07) is -0.920. The van der Waals surface area contributed by atoms with E-state index < -0.39 is 46.1 Å². The Morgan fingerprint density at radius 3 is 2.54 bits per heavy atom. The largest absolute Gasteiger partial charge is 0.465 e. The molecular weight excluding hydrogens is 471 g/mol. The number of halogens is 3. The van der Waals surface area contributed by atoms with E-state index in [1.807, 2.05) is 27.7 Å². The maximum atomic E-state index is 13.2. The van der Waals surface area contributed by atoms with Crippen LogP contribution in [0.25, 0.3) is 0 Å². The van der Waals surface area contributed by atoms with Crippen molar-refractivity contribution in [3.63, 3.8) is 0 Å². The molecule has 1 unspecified atom stereocenters. The summed E-state index contributed by atoms with van der Waals surface area (Å²) in [6.07, 6.45) is -4.97. The number of amides is 2. The number of nitrogens with one attached hydrogen (secondary N) is 2. The van der Waals surface area contributed by atoms with Gasteiger partial charge in [0.2, 0.25) is 5.91 Å². The van der Waals surface area contributed by atoms with Crippen LogP contribution in [0.1, 0.15) is 53.5 Å². The van der Waals surface area contributed by atoms with Gasteiger partial charge >= 0.3 is 12.3 Å². The van der Waals surface area contributed by atoms with Crippen molar-refractivity contribution in [2.24, 2.45) is 5.41 Å². The molecule has 1 saturated heterocycles. The first kappa shape index (κ1) is 28.4. The molecule has 198 valence electrons. The number of carbonyl (C=O) groups is 2. The van der Waals surface area contributed by atoms with Gasteiger partial charge in [0.1, 0.15) is 5.56 Å². The zero-order valence-electron chi connectivity index (χ0n) is 20.8. The molecule has 0 aromatic carbocycles. The third-order valence-electron chi connectivity index (χ3n) is 6.59. The molecule has 35 heavy (non-hydrogen) atoms. The van der Waals surface area contributed by atoms with Gasteiger partial charge in [0, 0.05) is 25.2 Å². The molecule has 13 heteroatoms. The molecule has 0 aliphatic carbocycles. The molecule has 0 spiro atoms. The van der Waals surface area contributed by atoms with Crippen molar-refractivity contribution in [2.75, 3.05) is 31.6 Å². The second-order valence-electron chi connectivity index (χ2n) is 10.1. The van der Waals surface area contributed by atoms with Crippen LogP contribution in [0.2, 0.25) is 0 Å². The highest BCUT2D eigenvalue weighted by atomic mass is 19.4. The number of piperazine rings is 1. The zero-order chi connectivity index (χ0) is 26.8. The molecule has 1 fully saturated rings. The molecule has 1 aromatic heterocycles. The van der Waals surface area contributed by atoms with Crippen molar-refractivity contribution in [3.8, 4) is 0 Å². The first-order chi connectivity index (χ1) is 16.0. The highest BCUT2D eigenvalue weighted by Crippen LogP contribution is 2.40. The molecule has 3 atom stereocenters. The third kappa shape index (κ3) is 6.44. The van der Waals surface area contributed by atoms with Gasteiger partial charge in [0.05, 0.1) is 37.1 Å². The third-order valence-corrected chi connectivity index (χ3v) is 6.59. The minimum atomic E-state index is -4.85. The molecule has 2 amide bonds. The van der Waals surface area contributed by atoms with E-state index in [4.69, 9.17) is 4.74 Å². The van der Waals surface area contributed by atoms with Crippen LogP contribution in [0.5, 0.6) is 0 Å². The smallest absolute Gasteiger partial charge is 0.423 e. The van der Waals surface area contributed by atoms with Gasteiger partial charge in [-0.3, -0.25) is 14.5 Å². The van der Waals surface area contributed by atoms with E-state index in [1.165, 1.54) is 4.90 Å². The summed E-state index contributed by atoms with van der Waals surface area (Å²) < 4.78 is 45.0. The van der Waals surface area contributed by atoms with Crippen molar-refractivity contribution in [1.29, 1.82) is 0 Å². The summed E-state index contributed by atoms with van der Waals surface area (Å²) in [6.45, 7) is 11.4. The van der Waals surface area contributed by atoms with Gasteiger partial charge in [-0.15, -0.1) is 0 Å². The maximum absolute atomic E-state index is 13.2. The number of rotatable bonds is 7. The van der Waals surface area contributed by atoms with Crippen LogP contribution < -0.4 is 10.9 Å². The van der Waals surface area contributed by atoms with E-state index in [-0.39, 0.29) is 44.7 Å². The number of hydrogen-bond donors (Lipinski definition) is 3. The Morgan fingerprint density at radius 2 is 2.00 bits per heavy atom. The van der Waals surface area contributed by atoms with E-state index in [2.05, 4.69) is 10.4 Å². The second kappa shape index (κ2) is 10.4. The summed E-state index contributed by atoms with van der Waals surface area (Å²) in [5.74, 6) is -0.197. The number of nitrogens with zero attached hydrogens (tertiary/aromatic N) is 3. The summed E-state index contributed by atoms with van der Waals surface area (Å²) >= 11 is 0. The van der Waals surface area contributed by atoms with Gasteiger partial charge in [-0.1, -0.05) is 20.8 Å². The number of aromatic nitrogens is 2. The lowest BCUT2D eigenvalue weighted by molar-refractivity contribution is -0.145. The Labute approximate surface area is 201 Å². The van der Waals surface area contributed by atoms with Crippen LogP contribution in [-0.2, 0) is 15.7 Å². The second-order valence-corrected chi connectivity index (χ2v) is 10.1. The number of ether oxygens (including phenoxy) is 1. The van der Waals surface area contributed by atoms with E-state index >= 15 is 0 Å². The average Bonchev–Trinajstić information content (AvgIpc) is 2.70. The van der Waals surface area contributed by atoms with Crippen LogP contribution in [0.3, 0.4) is 0 Å². The Balaban J connectivity index is 1.94. The minimum absolute atomic E-state index is 0.0145. The Kier molecular flexibility index (Phi) is 8.46. The van der Waals surface area contributed by atoms with Crippen molar-refractivity contribution in [3.05, 3.63) is 22.1 Å². The fraction of sp³-hybridized carbons (Fsp3) is 0.727. The van der Waals surface area contributed by atoms with Crippen LogP contribution in [0.4, 0.5) is 23.7 Å². The van der Waals surface area contributed by atoms with Crippen LogP contribution in [-0.4, -0.2) is 81.0 Å². The predicted octanol–water partition coefficient (Wildman–Crippen LogP) is 3.01. The van der Waals surface area contributed by atoms with E-state index in [1.54, 1.807) is 23.8 Å². The van der Waals surface area contributed by atoms with Crippen molar-refractivity contribution in [1.82, 2.24) is 20.0 Å². The average molecular weight is 506 g/mol. The normalized spacial score (nSPS) is 22.1. The van der Waals surface area contributed by atoms with Crippen LogP contribution in [0.15, 0.2) is 11.0 Å². The van der Waals surface area contributed by atoms with Crippen LogP contribution >= 0.6 is 0 Å². The van der Waals surface area contributed by atoms with E-state index in [0.29, 0.717) is 0 Å². The molecule has 0 bridgehead atoms. The monoisotopic (exact) mass is 505 g/mol. The van der Waals surface area contributed by atoms with Crippen molar-refractivity contribution in [2.45, 2.75) is 71.8 Å². The Morgan fingerprint density at radius 1 is 1.37 bits per heavy atom. The number of hydrogen-bond acceptors (Lipinski definition) is 6. The molecule has 1 aliphatic heterocycles. The van der Waals surface area contributed by atoms with Gasteiger partial charge in [0.15, 0.2) is 0 Å². The van der Waals surface area contributed by atoms with Gasteiger partial charge in [-0.25, -0.2) is 9.89 Å². The minimum Gasteiger partial charge on any atom is -0.465 e. The van der Waals surface area contributed by atoms with Gasteiger partial charge in [0.25, 0.3) is 5.56 Å². The molecule has 3 N–H and O–H groups in total. The quantitative estimate of drug-likeness (QED) is 0.486. The fourth-order valence-electron chi connectivity index (χ4n) is 4.06. The van der Waals surface area contributed by atoms with E-state index in [9.17, 15) is 32.7 Å². The lowest BCUT2D eigenvalue weighted by atomic mass is 9.71. The Hall–Kier alpha value is -2.83. The molecule has 1 aliphatic rings. The number of carboxylic acid groups (broad SMARTS) is 1. The Bertz CT molecular complexity index is 977. The molecule has 10 nitrogen and oxygen atoms in total. The first-order valence-corrected chi connectivity index (χ1v) is 11.3. The lowest BCUT2D eigenvalue weighted by Crippen LogP contribution is -2.70. The maximum Gasteiger partial charge on any atom is 0.423 e. The molecule has 1 aromatic rings. The topological polar surface area (TPSA) is 128 Å². The zero-order valence-corrected chi connectivity index (χ0v) is 20.8. The molecule has 2 rings (SSSR count). The number of alkyl halides is 3. The summed E-state index contributed by atoms with van der Waals surface area (Å²) in [4.78, 5) is 39.4. The van der Waals surface area contributed by atoms with Gasteiger partial charge in [-0.2, -0.15) is 18.3 Å². The number of H-pyrrole nitrogens is 1. The summed E-state index contributed by atoms with van der Waals surface area (Å²) in [5, 5.41) is 17.4. The summed E-state index contributed by atoms with van der Waals surface area (Å²) in [7, 11) is 0. The summed E-state index contributed by atoms with van der Waals surface area (Å²) in [5.41, 5.74) is -4.39. The number of carbonyl (C=O) groups excluding carboxylic acids is 1.